The summed E-state index contributed by atoms with van der Waals surface area (Å²) >= 11 is 0. The van der Waals surface area contributed by atoms with Crippen LogP contribution in [-0.2, 0) is 37.3 Å². The standard InChI is InChI=1S/C84H70N4O.Pt/c1-82(2,3)66-41-42-85-80(52-66)88-76-36-23-22-35-72(76)73-39-38-71(54-78(73)88)89-70-34-24-33-69(53-70)86-55-87(77-40-37-60(50-79(77)86)63-46-67(83(4,5)6)51-68(47-63)84(7,8)9)81-74(59-31-20-13-21-32-59)48-64(58-29-18-12-19-30-58)49-75(81)65-44-61(56-25-14-10-15-26-56)43-62(45-65)57-27-16-11-17-28-57;/h10-52H,1-9H3;/q-2;/i10D,11D,12D,13D,14D,15D,16D,17D,18D,19D,20D,21D,25D,26D,27D,28D,29D,30D,31D,32D,43D,44D,45D;. The Morgan fingerprint density at radius 2 is 0.978 bits per heavy atom. The summed E-state index contributed by atoms with van der Waals surface area (Å²) in [6.45, 7) is 19.0. The van der Waals surface area contributed by atoms with Crippen LogP contribution in [0.15, 0.2) is 260 Å². The van der Waals surface area contributed by atoms with Crippen molar-refractivity contribution < 1.29 is 61.9 Å². The van der Waals surface area contributed by atoms with Crippen molar-refractivity contribution in [2.75, 3.05) is 0 Å². The molecule has 0 N–H and O–H groups in total. The van der Waals surface area contributed by atoms with Crippen molar-refractivity contribution in [2.24, 2.45) is 0 Å². The number of ether oxygens (including phenoxy) is 1. The normalized spacial score (nSPS) is 15.5. The third-order valence-corrected chi connectivity index (χ3v) is 15.7. The summed E-state index contributed by atoms with van der Waals surface area (Å²) in [4.78, 5) is 4.85. The largest absolute Gasteiger partial charge is 0.510 e. The number of aromatic nitrogens is 4. The molecule has 0 spiro atoms. The van der Waals surface area contributed by atoms with Crippen LogP contribution in [0.3, 0.4) is 0 Å². The maximum absolute atomic E-state index is 10.6. The van der Waals surface area contributed by atoms with Crippen molar-refractivity contribution in [3.8, 4) is 95.5 Å². The van der Waals surface area contributed by atoms with Gasteiger partial charge in [0.15, 0.2) is 0 Å². The molecule has 6 heteroatoms. The Morgan fingerprint density at radius 3 is 1.59 bits per heavy atom. The van der Waals surface area contributed by atoms with Gasteiger partial charge in [-0.05, 0) is 165 Å². The molecular formula is C84H70N4OPt-2. The zero-order valence-electron chi connectivity index (χ0n) is 73.6. The number of fused-ring (bicyclic) bond motifs is 4. The number of hydrogen-bond acceptors (Lipinski definition) is 2. The van der Waals surface area contributed by atoms with E-state index in [4.69, 9.17) is 23.4 Å². The summed E-state index contributed by atoms with van der Waals surface area (Å²) < 4.78 is 226. The number of benzene rings is 11. The van der Waals surface area contributed by atoms with Crippen LogP contribution in [0, 0.1) is 18.5 Å². The first kappa shape index (κ1) is 38.0. The zero-order chi connectivity index (χ0) is 81.2. The Bertz CT molecular complexity index is 6180. The minimum Gasteiger partial charge on any atom is -0.510 e. The Labute approximate surface area is 576 Å². The summed E-state index contributed by atoms with van der Waals surface area (Å²) in [7, 11) is 0. The molecule has 90 heavy (non-hydrogen) atoms. The molecule has 5 nitrogen and oxygen atoms in total. The fraction of sp³-hybridized carbons (Fsp3) is 0.143. The van der Waals surface area contributed by atoms with Crippen molar-refractivity contribution in [3.05, 3.63) is 296 Å². The molecule has 11 aromatic carbocycles. The number of imidazole rings is 1. The molecule has 0 atom stereocenters. The molecule has 444 valence electrons. The number of rotatable bonds is 11. The van der Waals surface area contributed by atoms with E-state index in [0.29, 0.717) is 22.4 Å². The van der Waals surface area contributed by atoms with E-state index in [2.05, 4.69) is 99.0 Å². The van der Waals surface area contributed by atoms with Crippen molar-refractivity contribution in [1.29, 1.82) is 0 Å². The minimum atomic E-state index is -1.01. The number of pyridine rings is 1. The van der Waals surface area contributed by atoms with Crippen LogP contribution in [0.25, 0.3) is 117 Å². The molecule has 0 fully saturated rings. The maximum atomic E-state index is 10.6. The Balaban J connectivity index is 0.0000112. The Morgan fingerprint density at radius 1 is 0.433 bits per heavy atom. The van der Waals surface area contributed by atoms with Crippen LogP contribution >= 0.6 is 0 Å². The number of nitrogens with zero attached hydrogens (tertiary/aromatic N) is 4. The van der Waals surface area contributed by atoms with Crippen molar-refractivity contribution >= 4 is 32.8 Å². The summed E-state index contributed by atoms with van der Waals surface area (Å²) in [5.74, 6) is 1.09. The number of hydrogen-bond donors (Lipinski definition) is 0. The van der Waals surface area contributed by atoms with Crippen molar-refractivity contribution in [2.45, 2.75) is 78.6 Å². The molecule has 14 aromatic rings. The summed E-state index contributed by atoms with van der Waals surface area (Å²) in [6.07, 6.45) is 5.24. The Hall–Kier alpha value is -9.67. The second kappa shape index (κ2) is 23.7. The number of para-hydroxylation sites is 1. The molecule has 0 amide bonds. The van der Waals surface area contributed by atoms with Crippen LogP contribution in [0.5, 0.6) is 11.5 Å². The molecule has 3 aromatic heterocycles. The quantitative estimate of drug-likeness (QED) is 0.0956. The Kier molecular flexibility index (Phi) is 10.0. The van der Waals surface area contributed by atoms with Gasteiger partial charge in [0, 0.05) is 44.3 Å². The van der Waals surface area contributed by atoms with E-state index in [1.165, 1.54) is 16.7 Å². The molecule has 0 radical (unpaired) electrons. The average molecular weight is 1370 g/mol. The molecule has 0 saturated carbocycles. The fourth-order valence-corrected chi connectivity index (χ4v) is 11.0. The van der Waals surface area contributed by atoms with Gasteiger partial charge in [-0.3, -0.25) is 4.57 Å². The van der Waals surface area contributed by atoms with Crippen molar-refractivity contribution in [3.63, 3.8) is 0 Å². The van der Waals surface area contributed by atoms with Gasteiger partial charge in [0.05, 0.1) is 48.2 Å². The molecule has 0 aliphatic rings. The second-order valence-electron chi connectivity index (χ2n) is 24.8. The average Bonchev–Trinajstić information content (AvgIpc) is 1.67. The second-order valence-corrected chi connectivity index (χ2v) is 24.8. The predicted molar refractivity (Wildman–Crippen MR) is 369 cm³/mol. The summed E-state index contributed by atoms with van der Waals surface area (Å²) in [5.41, 5.74) is -1.05. The van der Waals surface area contributed by atoms with E-state index < -0.39 is 189 Å². The van der Waals surface area contributed by atoms with Gasteiger partial charge in [-0.25, -0.2) is 4.98 Å². The van der Waals surface area contributed by atoms with E-state index in [9.17, 15) is 17.8 Å². The molecule has 0 aliphatic carbocycles. The van der Waals surface area contributed by atoms with E-state index >= 15 is 0 Å². The van der Waals surface area contributed by atoms with Crippen LogP contribution in [-0.4, -0.2) is 14.1 Å². The first-order chi connectivity index (χ1) is 52.5. The zero-order valence-corrected chi connectivity index (χ0v) is 52.8. The van der Waals surface area contributed by atoms with E-state index in [0.717, 1.165) is 38.5 Å². The van der Waals surface area contributed by atoms with Crippen LogP contribution < -0.4 is 9.30 Å². The van der Waals surface area contributed by atoms with Gasteiger partial charge in [-0.15, -0.1) is 29.7 Å². The van der Waals surface area contributed by atoms with Crippen LogP contribution in [0.4, 0.5) is 0 Å². The molecule has 3 heterocycles. The van der Waals surface area contributed by atoms with Gasteiger partial charge in [0.2, 0.25) is 0 Å². The molecule has 14 rings (SSSR count). The predicted octanol–water partition coefficient (Wildman–Crippen LogP) is 21.5. The smallest absolute Gasteiger partial charge is 0.268 e. The molecular weight excluding hydrogens is 1280 g/mol. The SMILES string of the molecule is [2H]c1c([2H])c([2H])c(-c2cc(-c3c([2H])c([2H])c([2H])c([2H])c3[2H])c(-[n+]3[c-]n(-c4[c-]c(Oc5[c-]c6c(cc5)c5ccccc5n6-c5cc(C(C)(C)C)ccn5)ccc4)c4cc(-c5cc(C(C)(C)C)cc(C(C)(C)C)c5)ccc43)c(-c3c([2H])c(-c4c([2H])c([2H])c([2H])c([2H])c4[2H])c([2H])c(-c4c([2H])c([2H])c([2H])c([2H])c4[2H])c3[2H])c2)c([2H])c1[2H].[Pt]. The molecule has 0 bridgehead atoms. The fourth-order valence-electron chi connectivity index (χ4n) is 11.0. The van der Waals surface area contributed by atoms with Crippen LogP contribution in [0.2, 0.25) is 0 Å². The topological polar surface area (TPSA) is 35.9 Å². The van der Waals surface area contributed by atoms with Gasteiger partial charge in [-0.2, -0.15) is 18.2 Å². The first-order valence-corrected chi connectivity index (χ1v) is 29.0. The molecule has 0 saturated heterocycles. The van der Waals surface area contributed by atoms with Crippen LogP contribution in [0.1, 0.15) is 111 Å². The van der Waals surface area contributed by atoms with Crippen molar-refractivity contribution in [1.82, 2.24) is 14.1 Å². The van der Waals surface area contributed by atoms with E-state index in [-0.39, 0.29) is 71.3 Å². The van der Waals surface area contributed by atoms with Gasteiger partial charge in [0.25, 0.3) is 6.33 Å². The third-order valence-electron chi connectivity index (χ3n) is 15.7. The van der Waals surface area contributed by atoms with Gasteiger partial charge in [-0.1, -0.05) is 237 Å². The van der Waals surface area contributed by atoms with E-state index in [1.54, 1.807) is 41.1 Å². The monoisotopic (exact) mass is 1370 g/mol. The van der Waals surface area contributed by atoms with E-state index in [1.807, 2.05) is 59.2 Å². The third kappa shape index (κ3) is 11.6. The summed E-state index contributed by atoms with van der Waals surface area (Å²) in [5, 5.41) is 1.81. The first-order valence-electron chi connectivity index (χ1n) is 40.5. The molecule has 0 unspecified atom stereocenters. The maximum Gasteiger partial charge on any atom is 0.268 e. The molecule has 0 aliphatic heterocycles. The summed E-state index contributed by atoms with van der Waals surface area (Å²) in [6, 6.07) is 21.0. The minimum absolute atomic E-state index is 0. The van der Waals surface area contributed by atoms with Gasteiger partial charge in [0.1, 0.15) is 5.82 Å². The van der Waals surface area contributed by atoms with Gasteiger partial charge < -0.3 is 13.9 Å². The van der Waals surface area contributed by atoms with Gasteiger partial charge >= 0.3 is 0 Å².